The van der Waals surface area contributed by atoms with Crippen molar-refractivity contribution in [3.05, 3.63) is 65.7 Å². The number of ether oxygens (including phenoxy) is 1. The lowest BCUT2D eigenvalue weighted by atomic mass is 9.78. The normalized spacial score (nSPS) is 18.5. The molecule has 1 saturated heterocycles. The van der Waals surface area contributed by atoms with Gasteiger partial charge in [0.1, 0.15) is 5.75 Å². The van der Waals surface area contributed by atoms with E-state index < -0.39 is 5.91 Å². The fourth-order valence-electron chi connectivity index (χ4n) is 3.59. The maximum absolute atomic E-state index is 13.0. The van der Waals surface area contributed by atoms with Gasteiger partial charge in [0.05, 0.1) is 0 Å². The Labute approximate surface area is 153 Å². The van der Waals surface area contributed by atoms with Crippen LogP contribution in [0.15, 0.2) is 54.6 Å². The third-order valence-electron chi connectivity index (χ3n) is 4.90. The van der Waals surface area contributed by atoms with Crippen LogP contribution >= 0.6 is 0 Å². The fourth-order valence-corrected chi connectivity index (χ4v) is 3.59. The molecule has 1 unspecified atom stereocenters. The highest BCUT2D eigenvalue weighted by Gasteiger charge is 2.42. The highest BCUT2D eigenvalue weighted by atomic mass is 16.5. The van der Waals surface area contributed by atoms with E-state index >= 15 is 0 Å². The summed E-state index contributed by atoms with van der Waals surface area (Å²) < 4.78 is 5.31. The Balaban J connectivity index is 1.76. The third-order valence-corrected chi connectivity index (χ3v) is 4.90. The van der Waals surface area contributed by atoms with Crippen LogP contribution in [0.2, 0.25) is 0 Å². The summed E-state index contributed by atoms with van der Waals surface area (Å²) in [5.74, 6) is 0.185. The third kappa shape index (κ3) is 3.87. The monoisotopic (exact) mass is 352 g/mol. The van der Waals surface area contributed by atoms with Crippen LogP contribution in [0.5, 0.6) is 5.75 Å². The molecule has 26 heavy (non-hydrogen) atoms. The van der Waals surface area contributed by atoms with E-state index in [0.29, 0.717) is 30.3 Å². The van der Waals surface area contributed by atoms with Gasteiger partial charge in [-0.15, -0.1) is 0 Å². The van der Waals surface area contributed by atoms with E-state index in [0.717, 1.165) is 0 Å². The molecule has 0 aromatic heterocycles. The molecule has 1 aliphatic rings. The van der Waals surface area contributed by atoms with Gasteiger partial charge in [-0.1, -0.05) is 50.2 Å². The lowest BCUT2D eigenvalue weighted by Crippen LogP contribution is -2.30. The van der Waals surface area contributed by atoms with Crippen molar-refractivity contribution in [2.45, 2.75) is 19.8 Å². The average Bonchev–Trinajstić information content (AvgIpc) is 2.95. The summed E-state index contributed by atoms with van der Waals surface area (Å²) in [6.07, 6.45) is 0. The zero-order valence-corrected chi connectivity index (χ0v) is 15.1. The largest absolute Gasteiger partial charge is 0.484 e. The first-order chi connectivity index (χ1) is 12.4. The molecule has 2 aromatic carbocycles. The van der Waals surface area contributed by atoms with Gasteiger partial charge < -0.3 is 15.4 Å². The maximum atomic E-state index is 13.0. The maximum Gasteiger partial charge on any atom is 0.255 e. The summed E-state index contributed by atoms with van der Waals surface area (Å²) in [5.41, 5.74) is 6.90. The van der Waals surface area contributed by atoms with Crippen molar-refractivity contribution in [1.29, 1.82) is 0 Å². The van der Waals surface area contributed by atoms with Gasteiger partial charge in [-0.2, -0.15) is 0 Å². The number of carbonyl (C=O) groups excluding carboxylic acids is 2. The molecule has 2 aromatic rings. The van der Waals surface area contributed by atoms with Gasteiger partial charge in [-0.05, 0) is 29.2 Å². The van der Waals surface area contributed by atoms with Gasteiger partial charge in [0.15, 0.2) is 6.61 Å². The average molecular weight is 352 g/mol. The predicted molar refractivity (Wildman–Crippen MR) is 100.0 cm³/mol. The summed E-state index contributed by atoms with van der Waals surface area (Å²) >= 11 is 0. The Morgan fingerprint density at radius 2 is 1.88 bits per heavy atom. The minimum Gasteiger partial charge on any atom is -0.484 e. The number of carbonyl (C=O) groups is 2. The number of amides is 2. The van der Waals surface area contributed by atoms with Crippen LogP contribution in [0.1, 0.15) is 35.7 Å². The van der Waals surface area contributed by atoms with Gasteiger partial charge >= 0.3 is 0 Å². The molecule has 0 radical (unpaired) electrons. The number of rotatable bonds is 5. The fraction of sp³-hybridized carbons (Fsp3) is 0.333. The topological polar surface area (TPSA) is 72.6 Å². The van der Waals surface area contributed by atoms with Crippen LogP contribution in [0.3, 0.4) is 0 Å². The minimum absolute atomic E-state index is 0.00288. The number of likely N-dealkylation sites (tertiary alicyclic amines) is 1. The van der Waals surface area contributed by atoms with Crippen molar-refractivity contribution in [1.82, 2.24) is 4.90 Å². The Hall–Kier alpha value is -2.82. The molecule has 0 spiro atoms. The van der Waals surface area contributed by atoms with Crippen molar-refractivity contribution < 1.29 is 14.3 Å². The molecule has 0 saturated carbocycles. The molecule has 2 N–H and O–H groups in total. The molecule has 0 bridgehead atoms. The van der Waals surface area contributed by atoms with E-state index in [1.54, 1.807) is 24.3 Å². The number of nitrogens with zero attached hydrogens (tertiary/aromatic N) is 1. The molecule has 1 fully saturated rings. The van der Waals surface area contributed by atoms with Crippen LogP contribution < -0.4 is 10.5 Å². The first kappa shape index (κ1) is 18.0. The van der Waals surface area contributed by atoms with Gasteiger partial charge in [-0.25, -0.2) is 0 Å². The first-order valence-corrected chi connectivity index (χ1v) is 8.72. The Morgan fingerprint density at radius 1 is 1.15 bits per heavy atom. The van der Waals surface area contributed by atoms with E-state index in [4.69, 9.17) is 10.5 Å². The molecular formula is C21H24N2O3. The molecule has 5 nitrogen and oxygen atoms in total. The predicted octanol–water partition coefficient (Wildman–Crippen LogP) is 2.82. The zero-order chi connectivity index (χ0) is 18.7. The lowest BCUT2D eigenvalue weighted by molar-refractivity contribution is -0.119. The van der Waals surface area contributed by atoms with E-state index in [9.17, 15) is 9.59 Å². The molecule has 5 heteroatoms. The van der Waals surface area contributed by atoms with Crippen LogP contribution in [0.4, 0.5) is 0 Å². The van der Waals surface area contributed by atoms with Crippen LogP contribution in [0.25, 0.3) is 0 Å². The summed E-state index contributed by atoms with van der Waals surface area (Å²) in [4.78, 5) is 25.7. The van der Waals surface area contributed by atoms with Gasteiger partial charge in [0, 0.05) is 24.6 Å². The quantitative estimate of drug-likeness (QED) is 0.899. The summed E-state index contributed by atoms with van der Waals surface area (Å²) in [6.45, 7) is 5.57. The van der Waals surface area contributed by atoms with Crippen LogP contribution in [-0.2, 0) is 4.79 Å². The molecule has 1 aliphatic heterocycles. The molecule has 1 heterocycles. The summed E-state index contributed by atoms with van der Waals surface area (Å²) in [5, 5.41) is 0. The molecule has 136 valence electrons. The molecule has 1 atom stereocenters. The molecule has 0 aliphatic carbocycles. The Kier molecular flexibility index (Phi) is 4.98. The van der Waals surface area contributed by atoms with E-state index in [1.165, 1.54) is 5.56 Å². The lowest BCUT2D eigenvalue weighted by Gasteiger charge is -2.25. The second-order valence-corrected chi connectivity index (χ2v) is 7.42. The highest BCUT2D eigenvalue weighted by Crippen LogP contribution is 2.42. The molecular weight excluding hydrogens is 328 g/mol. The second kappa shape index (κ2) is 7.20. The number of hydrogen-bond donors (Lipinski definition) is 1. The zero-order valence-electron chi connectivity index (χ0n) is 15.1. The van der Waals surface area contributed by atoms with Crippen molar-refractivity contribution in [2.24, 2.45) is 11.1 Å². The Bertz CT molecular complexity index is 802. The number of nitrogens with two attached hydrogens (primary N) is 1. The van der Waals surface area contributed by atoms with Gasteiger partial charge in [0.25, 0.3) is 11.8 Å². The van der Waals surface area contributed by atoms with Crippen molar-refractivity contribution >= 4 is 11.8 Å². The highest BCUT2D eigenvalue weighted by molar-refractivity contribution is 5.95. The molecule has 2 amide bonds. The van der Waals surface area contributed by atoms with E-state index in [-0.39, 0.29) is 17.9 Å². The SMILES string of the molecule is CC1(C)CN(C(=O)c2cccc(OCC(N)=O)c2)CC1c1ccccc1. The Morgan fingerprint density at radius 3 is 2.58 bits per heavy atom. The van der Waals surface area contributed by atoms with Crippen molar-refractivity contribution in [3.63, 3.8) is 0 Å². The summed E-state index contributed by atoms with van der Waals surface area (Å²) in [7, 11) is 0. The van der Waals surface area contributed by atoms with Crippen molar-refractivity contribution in [2.75, 3.05) is 19.7 Å². The van der Waals surface area contributed by atoms with Crippen molar-refractivity contribution in [3.8, 4) is 5.75 Å². The number of benzene rings is 2. The smallest absolute Gasteiger partial charge is 0.255 e. The van der Waals surface area contributed by atoms with Gasteiger partial charge in [0.2, 0.25) is 0 Å². The van der Waals surface area contributed by atoms with Crippen LogP contribution in [0, 0.1) is 5.41 Å². The van der Waals surface area contributed by atoms with Crippen LogP contribution in [-0.4, -0.2) is 36.4 Å². The number of hydrogen-bond acceptors (Lipinski definition) is 3. The van der Waals surface area contributed by atoms with E-state index in [2.05, 4.69) is 26.0 Å². The summed E-state index contributed by atoms with van der Waals surface area (Å²) in [6, 6.07) is 17.2. The number of primary amides is 1. The standard InChI is InChI=1S/C21H24N2O3/c1-21(2)14-23(12-18(21)15-7-4-3-5-8-15)20(25)16-9-6-10-17(11-16)26-13-19(22)24/h3-11,18H,12-14H2,1-2H3,(H2,22,24). The second-order valence-electron chi connectivity index (χ2n) is 7.42. The van der Waals surface area contributed by atoms with Gasteiger partial charge in [-0.3, -0.25) is 9.59 Å². The minimum atomic E-state index is -0.547. The first-order valence-electron chi connectivity index (χ1n) is 8.72. The van der Waals surface area contributed by atoms with E-state index in [1.807, 2.05) is 23.1 Å². The molecule has 3 rings (SSSR count).